The fraction of sp³-hybridized carbons (Fsp3) is 0.364. The molecule has 1 fully saturated rings. The first-order valence-corrected chi connectivity index (χ1v) is 6.30. The zero-order valence-corrected chi connectivity index (χ0v) is 9.88. The van der Waals surface area contributed by atoms with Crippen molar-refractivity contribution >= 4 is 11.3 Å². The van der Waals surface area contributed by atoms with Gasteiger partial charge < -0.3 is 5.32 Å². The molecule has 1 aliphatic carbocycles. The lowest BCUT2D eigenvalue weighted by Crippen LogP contribution is -2.14. The minimum Gasteiger partial charge on any atom is -0.308 e. The number of nitrogens with zero attached hydrogens (tertiary/aromatic N) is 3. The van der Waals surface area contributed by atoms with Gasteiger partial charge in [0.2, 0.25) is 0 Å². The van der Waals surface area contributed by atoms with Gasteiger partial charge in [-0.25, -0.2) is 4.39 Å². The molecule has 0 radical (unpaired) electrons. The number of aromatic nitrogens is 3. The number of halogens is 1. The molecule has 1 N–H and O–H groups in total. The molecule has 6 heteroatoms. The Morgan fingerprint density at radius 3 is 3.06 bits per heavy atom. The Morgan fingerprint density at radius 2 is 2.29 bits per heavy atom. The van der Waals surface area contributed by atoms with Crippen LogP contribution in [-0.2, 0) is 6.54 Å². The molecule has 0 saturated heterocycles. The van der Waals surface area contributed by atoms with E-state index in [4.69, 9.17) is 0 Å². The van der Waals surface area contributed by atoms with E-state index in [0.29, 0.717) is 16.6 Å². The van der Waals surface area contributed by atoms with E-state index in [0.717, 1.165) is 11.6 Å². The van der Waals surface area contributed by atoms with Gasteiger partial charge in [0.1, 0.15) is 5.01 Å². The van der Waals surface area contributed by atoms with Gasteiger partial charge in [0.15, 0.2) is 10.8 Å². The average molecular weight is 250 g/mol. The van der Waals surface area contributed by atoms with Crippen molar-refractivity contribution in [3.63, 3.8) is 0 Å². The number of pyridine rings is 1. The molecule has 0 aliphatic heterocycles. The molecule has 4 nitrogen and oxygen atoms in total. The topological polar surface area (TPSA) is 50.7 Å². The zero-order chi connectivity index (χ0) is 11.7. The third-order valence-corrected chi connectivity index (χ3v) is 3.55. The quantitative estimate of drug-likeness (QED) is 0.901. The van der Waals surface area contributed by atoms with Crippen LogP contribution >= 0.6 is 11.3 Å². The first-order valence-electron chi connectivity index (χ1n) is 5.48. The van der Waals surface area contributed by atoms with Crippen molar-refractivity contribution in [2.75, 3.05) is 0 Å². The summed E-state index contributed by atoms with van der Waals surface area (Å²) in [5, 5.41) is 12.9. The van der Waals surface area contributed by atoms with Crippen LogP contribution in [0.4, 0.5) is 4.39 Å². The van der Waals surface area contributed by atoms with E-state index in [1.54, 1.807) is 12.3 Å². The lowest BCUT2D eigenvalue weighted by molar-refractivity contribution is 0.624. The molecule has 17 heavy (non-hydrogen) atoms. The number of hydrogen-bond donors (Lipinski definition) is 1. The van der Waals surface area contributed by atoms with Crippen molar-refractivity contribution in [1.29, 1.82) is 0 Å². The van der Waals surface area contributed by atoms with E-state index in [2.05, 4.69) is 20.5 Å². The highest BCUT2D eigenvalue weighted by atomic mass is 32.1. The first-order chi connectivity index (χ1) is 8.33. The maximum Gasteiger partial charge on any atom is 0.151 e. The summed E-state index contributed by atoms with van der Waals surface area (Å²) >= 11 is 1.42. The second-order valence-electron chi connectivity index (χ2n) is 4.01. The normalized spacial score (nSPS) is 15.1. The average Bonchev–Trinajstić information content (AvgIpc) is 3.06. The standard InChI is InChI=1S/C11H11FN4S/c12-9-5-13-4-3-8(9)11-16-15-10(17-11)6-14-7-1-2-7/h3-5,7,14H,1-2,6H2. The van der Waals surface area contributed by atoms with Crippen LogP contribution in [0.25, 0.3) is 10.6 Å². The molecule has 1 aliphatic rings. The lowest BCUT2D eigenvalue weighted by atomic mass is 10.3. The van der Waals surface area contributed by atoms with Gasteiger partial charge in [-0.15, -0.1) is 10.2 Å². The molecule has 3 rings (SSSR count). The summed E-state index contributed by atoms with van der Waals surface area (Å²) in [6, 6.07) is 2.26. The first kappa shape index (κ1) is 10.7. The predicted molar refractivity (Wildman–Crippen MR) is 63.0 cm³/mol. The molecule has 2 aromatic heterocycles. The van der Waals surface area contributed by atoms with Crippen molar-refractivity contribution in [1.82, 2.24) is 20.5 Å². The molecule has 0 spiro atoms. The summed E-state index contributed by atoms with van der Waals surface area (Å²) < 4.78 is 13.5. The van der Waals surface area contributed by atoms with Gasteiger partial charge in [0.25, 0.3) is 0 Å². The van der Waals surface area contributed by atoms with Crippen molar-refractivity contribution in [3.8, 4) is 10.6 Å². The Kier molecular flexibility index (Phi) is 2.82. The van der Waals surface area contributed by atoms with Gasteiger partial charge in [0.05, 0.1) is 11.8 Å². The molecule has 2 aromatic rings. The smallest absolute Gasteiger partial charge is 0.151 e. The third kappa shape index (κ3) is 2.48. The molecule has 0 atom stereocenters. The summed E-state index contributed by atoms with van der Waals surface area (Å²) in [7, 11) is 0. The fourth-order valence-electron chi connectivity index (χ4n) is 1.50. The lowest BCUT2D eigenvalue weighted by Gasteiger charge is -1.96. The second-order valence-corrected chi connectivity index (χ2v) is 5.07. The molecule has 2 heterocycles. The Balaban J connectivity index is 1.77. The molecule has 88 valence electrons. The second kappa shape index (κ2) is 4.46. The van der Waals surface area contributed by atoms with Crippen molar-refractivity contribution in [3.05, 3.63) is 29.3 Å². The van der Waals surface area contributed by atoms with Crippen LogP contribution in [-0.4, -0.2) is 21.2 Å². The van der Waals surface area contributed by atoms with Gasteiger partial charge in [0, 0.05) is 18.8 Å². The van der Waals surface area contributed by atoms with Crippen LogP contribution in [0.5, 0.6) is 0 Å². The van der Waals surface area contributed by atoms with E-state index in [9.17, 15) is 4.39 Å². The Labute approximate surface area is 102 Å². The Morgan fingerprint density at radius 1 is 1.41 bits per heavy atom. The number of rotatable bonds is 4. The summed E-state index contributed by atoms with van der Waals surface area (Å²) in [5.41, 5.74) is 0.468. The summed E-state index contributed by atoms with van der Waals surface area (Å²) in [4.78, 5) is 3.71. The van der Waals surface area contributed by atoms with E-state index in [1.807, 2.05) is 0 Å². The van der Waals surface area contributed by atoms with E-state index < -0.39 is 0 Å². The van der Waals surface area contributed by atoms with Gasteiger partial charge in [-0.3, -0.25) is 4.98 Å². The Hall–Kier alpha value is -1.40. The zero-order valence-electron chi connectivity index (χ0n) is 9.06. The van der Waals surface area contributed by atoms with Crippen LogP contribution < -0.4 is 5.32 Å². The number of hydrogen-bond acceptors (Lipinski definition) is 5. The van der Waals surface area contributed by atoms with Crippen molar-refractivity contribution in [2.45, 2.75) is 25.4 Å². The van der Waals surface area contributed by atoms with Crippen molar-refractivity contribution in [2.24, 2.45) is 0 Å². The maximum absolute atomic E-state index is 13.5. The molecule has 0 amide bonds. The highest BCUT2D eigenvalue weighted by molar-refractivity contribution is 7.14. The summed E-state index contributed by atoms with van der Waals surface area (Å²) in [6.45, 7) is 0.717. The SMILES string of the molecule is Fc1cnccc1-c1nnc(CNC2CC2)s1. The van der Waals surface area contributed by atoms with E-state index in [-0.39, 0.29) is 5.82 Å². The molecule has 0 unspecified atom stereocenters. The van der Waals surface area contributed by atoms with Crippen molar-refractivity contribution < 1.29 is 4.39 Å². The van der Waals surface area contributed by atoms with Crippen LogP contribution in [0.15, 0.2) is 18.5 Å². The molecule has 1 saturated carbocycles. The molecular weight excluding hydrogens is 239 g/mol. The molecule has 0 aromatic carbocycles. The summed E-state index contributed by atoms with van der Waals surface area (Å²) in [6.07, 6.45) is 5.23. The minimum atomic E-state index is -0.356. The van der Waals surface area contributed by atoms with Crippen LogP contribution in [0.3, 0.4) is 0 Å². The van der Waals surface area contributed by atoms with Crippen LogP contribution in [0, 0.1) is 5.82 Å². The summed E-state index contributed by atoms with van der Waals surface area (Å²) in [5.74, 6) is -0.356. The minimum absolute atomic E-state index is 0.356. The van der Waals surface area contributed by atoms with Gasteiger partial charge >= 0.3 is 0 Å². The predicted octanol–water partition coefficient (Wildman–Crippen LogP) is 1.99. The largest absolute Gasteiger partial charge is 0.308 e. The maximum atomic E-state index is 13.5. The molecular formula is C11H11FN4S. The van der Waals surface area contributed by atoms with E-state index >= 15 is 0 Å². The Bertz CT molecular complexity index is 524. The van der Waals surface area contributed by atoms with Crippen LogP contribution in [0.2, 0.25) is 0 Å². The monoisotopic (exact) mass is 250 g/mol. The third-order valence-electron chi connectivity index (χ3n) is 2.59. The number of nitrogens with one attached hydrogen (secondary N) is 1. The highest BCUT2D eigenvalue weighted by Crippen LogP contribution is 2.26. The highest BCUT2D eigenvalue weighted by Gasteiger charge is 2.21. The van der Waals surface area contributed by atoms with E-state index in [1.165, 1.54) is 30.4 Å². The van der Waals surface area contributed by atoms with Gasteiger partial charge in [-0.2, -0.15) is 0 Å². The molecule has 0 bridgehead atoms. The van der Waals surface area contributed by atoms with Gasteiger partial charge in [-0.1, -0.05) is 11.3 Å². The fourth-order valence-corrected chi connectivity index (χ4v) is 2.32. The van der Waals surface area contributed by atoms with Gasteiger partial charge in [-0.05, 0) is 18.9 Å². The van der Waals surface area contributed by atoms with Crippen LogP contribution in [0.1, 0.15) is 17.8 Å².